The van der Waals surface area contributed by atoms with Crippen molar-refractivity contribution in [2.24, 2.45) is 0 Å². The fourth-order valence-electron chi connectivity index (χ4n) is 3.64. The van der Waals surface area contributed by atoms with Crippen LogP contribution in [-0.4, -0.2) is 35.3 Å². The molecule has 3 rings (SSSR count). The number of rotatable bonds is 13. The zero-order valence-electron chi connectivity index (χ0n) is 19.7. The van der Waals surface area contributed by atoms with Crippen molar-refractivity contribution >= 4 is 28.6 Å². The van der Waals surface area contributed by atoms with Crippen molar-refractivity contribution in [3.8, 4) is 11.5 Å². The van der Waals surface area contributed by atoms with Crippen LogP contribution in [0.15, 0.2) is 36.4 Å². The number of para-hydroxylation sites is 1. The van der Waals surface area contributed by atoms with E-state index in [4.69, 9.17) is 30.8 Å². The number of halogens is 1. The first-order valence-electron chi connectivity index (χ1n) is 11.7. The first-order chi connectivity index (χ1) is 16.0. The van der Waals surface area contributed by atoms with Crippen molar-refractivity contribution in [2.45, 2.75) is 59.4 Å². The lowest BCUT2D eigenvalue weighted by Crippen LogP contribution is -2.07. The van der Waals surface area contributed by atoms with Gasteiger partial charge in [0, 0.05) is 11.4 Å². The summed E-state index contributed by atoms with van der Waals surface area (Å²) in [5, 5.41) is 0.676. The fraction of sp³-hybridized carbons (Fsp3) is 0.462. The summed E-state index contributed by atoms with van der Waals surface area (Å²) in [6.45, 7) is 8.08. The van der Waals surface area contributed by atoms with E-state index in [-0.39, 0.29) is 5.97 Å². The third-order valence-corrected chi connectivity index (χ3v) is 5.74. The summed E-state index contributed by atoms with van der Waals surface area (Å²) in [5.41, 5.74) is 2.78. The number of hydrogen-bond donors (Lipinski definition) is 0. The Morgan fingerprint density at radius 3 is 2.64 bits per heavy atom. The molecule has 0 amide bonds. The highest BCUT2D eigenvalue weighted by atomic mass is 35.5. The van der Waals surface area contributed by atoms with Gasteiger partial charge in [0.1, 0.15) is 22.8 Å². The van der Waals surface area contributed by atoms with E-state index in [2.05, 4.69) is 11.5 Å². The Bertz CT molecular complexity index is 1060. The second-order valence-corrected chi connectivity index (χ2v) is 8.34. The highest BCUT2D eigenvalue weighted by Crippen LogP contribution is 2.29. The van der Waals surface area contributed by atoms with Gasteiger partial charge in [0.15, 0.2) is 0 Å². The Labute approximate surface area is 200 Å². The minimum atomic E-state index is -0.200. The summed E-state index contributed by atoms with van der Waals surface area (Å²) in [4.78, 5) is 16.2. The van der Waals surface area contributed by atoms with E-state index in [9.17, 15) is 4.79 Å². The van der Waals surface area contributed by atoms with Gasteiger partial charge in [-0.2, -0.15) is 0 Å². The molecule has 33 heavy (non-hydrogen) atoms. The van der Waals surface area contributed by atoms with Crippen LogP contribution in [0, 0.1) is 6.92 Å². The number of hydrogen-bond acceptors (Lipinski definition) is 5. The number of benzene rings is 2. The van der Waals surface area contributed by atoms with E-state index in [0.29, 0.717) is 50.0 Å². The molecular weight excluding hydrogens is 440 g/mol. The van der Waals surface area contributed by atoms with Crippen LogP contribution in [0.4, 0.5) is 0 Å². The molecule has 1 heterocycles. The predicted molar refractivity (Wildman–Crippen MR) is 131 cm³/mol. The third-order valence-electron chi connectivity index (χ3n) is 5.39. The maximum Gasteiger partial charge on any atom is 0.305 e. The van der Waals surface area contributed by atoms with Gasteiger partial charge in [-0.15, -0.1) is 0 Å². The number of nitrogens with zero attached hydrogens (tertiary/aromatic N) is 2. The number of aromatic nitrogens is 2. The van der Waals surface area contributed by atoms with Crippen LogP contribution in [0.1, 0.15) is 57.3 Å². The van der Waals surface area contributed by atoms with Crippen LogP contribution in [0.3, 0.4) is 0 Å². The molecule has 0 aliphatic carbocycles. The summed E-state index contributed by atoms with van der Waals surface area (Å²) < 4.78 is 18.8. The maximum atomic E-state index is 11.5. The number of carbonyl (C=O) groups is 1. The summed E-state index contributed by atoms with van der Waals surface area (Å²) >= 11 is 6.58. The number of imidazole rings is 1. The molecule has 7 heteroatoms. The minimum absolute atomic E-state index is 0.200. The zero-order valence-corrected chi connectivity index (χ0v) is 20.5. The summed E-state index contributed by atoms with van der Waals surface area (Å²) in [5.74, 6) is 2.18. The monoisotopic (exact) mass is 472 g/mol. The molecule has 0 saturated carbocycles. The van der Waals surface area contributed by atoms with Crippen LogP contribution in [0.25, 0.3) is 11.0 Å². The van der Waals surface area contributed by atoms with Gasteiger partial charge in [0.05, 0.1) is 31.9 Å². The van der Waals surface area contributed by atoms with Gasteiger partial charge in [-0.05, 0) is 56.5 Å². The first kappa shape index (κ1) is 24.9. The van der Waals surface area contributed by atoms with E-state index in [1.165, 1.54) is 6.42 Å². The minimum Gasteiger partial charge on any atom is -0.494 e. The predicted octanol–water partition coefficient (Wildman–Crippen LogP) is 6.34. The van der Waals surface area contributed by atoms with Gasteiger partial charge in [0.2, 0.25) is 0 Å². The molecule has 0 N–H and O–H groups in total. The molecule has 0 bridgehead atoms. The number of ether oxygens (including phenoxy) is 3. The Kier molecular flexibility index (Phi) is 9.43. The fourth-order valence-corrected chi connectivity index (χ4v) is 3.87. The van der Waals surface area contributed by atoms with Gasteiger partial charge in [0.25, 0.3) is 0 Å². The molecule has 0 radical (unpaired) electrons. The van der Waals surface area contributed by atoms with E-state index < -0.39 is 0 Å². The molecule has 3 aromatic rings. The van der Waals surface area contributed by atoms with E-state index in [1.807, 2.05) is 43.3 Å². The smallest absolute Gasteiger partial charge is 0.305 e. The molecule has 6 nitrogen and oxygen atoms in total. The van der Waals surface area contributed by atoms with Gasteiger partial charge in [-0.1, -0.05) is 43.5 Å². The van der Waals surface area contributed by atoms with Gasteiger partial charge in [-0.3, -0.25) is 4.79 Å². The lowest BCUT2D eigenvalue weighted by Gasteiger charge is -2.12. The molecular formula is C26H33ClN2O4. The Hall–Kier alpha value is -2.73. The van der Waals surface area contributed by atoms with E-state index in [0.717, 1.165) is 41.0 Å². The highest BCUT2D eigenvalue weighted by molar-refractivity contribution is 6.31. The number of aryl methyl sites for hydroxylation is 1. The molecule has 0 saturated heterocycles. The Morgan fingerprint density at radius 1 is 1.06 bits per heavy atom. The van der Waals surface area contributed by atoms with Crippen molar-refractivity contribution in [3.63, 3.8) is 0 Å². The van der Waals surface area contributed by atoms with Crippen molar-refractivity contribution in [1.29, 1.82) is 0 Å². The van der Waals surface area contributed by atoms with Crippen molar-refractivity contribution in [3.05, 3.63) is 52.8 Å². The quantitative estimate of drug-likeness (QED) is 0.214. The molecule has 0 spiro atoms. The largest absolute Gasteiger partial charge is 0.494 e. The van der Waals surface area contributed by atoms with Gasteiger partial charge in [-0.25, -0.2) is 4.98 Å². The topological polar surface area (TPSA) is 62.6 Å². The second kappa shape index (κ2) is 12.5. The third kappa shape index (κ3) is 6.87. The standard InChI is InChI=1S/C26H33ClN2O4/c1-4-6-7-15-32-21-14-13-20(22(27)17-21)18-29-19(3)28-26-23(29)10-8-11-24(26)33-16-9-12-25(30)31-5-2/h8,10-11,13-14,17H,4-7,9,12,15-16,18H2,1-3H3. The maximum absolute atomic E-state index is 11.5. The molecule has 0 aliphatic rings. The van der Waals surface area contributed by atoms with Crippen LogP contribution in [0.2, 0.25) is 5.02 Å². The normalized spacial score (nSPS) is 11.0. The summed E-state index contributed by atoms with van der Waals surface area (Å²) in [6, 6.07) is 11.8. The van der Waals surface area contributed by atoms with Crippen molar-refractivity contribution in [1.82, 2.24) is 9.55 Å². The van der Waals surface area contributed by atoms with Crippen molar-refractivity contribution in [2.75, 3.05) is 19.8 Å². The average molecular weight is 473 g/mol. The van der Waals surface area contributed by atoms with Gasteiger partial charge < -0.3 is 18.8 Å². The molecule has 0 unspecified atom stereocenters. The molecule has 1 aromatic heterocycles. The van der Waals surface area contributed by atoms with E-state index >= 15 is 0 Å². The lowest BCUT2D eigenvalue weighted by atomic mass is 10.2. The van der Waals surface area contributed by atoms with Crippen molar-refractivity contribution < 1.29 is 19.0 Å². The van der Waals surface area contributed by atoms with Crippen LogP contribution in [0.5, 0.6) is 11.5 Å². The van der Waals surface area contributed by atoms with Crippen LogP contribution in [-0.2, 0) is 16.1 Å². The molecule has 0 fully saturated rings. The zero-order chi connectivity index (χ0) is 23.6. The molecule has 0 aliphatic heterocycles. The second-order valence-electron chi connectivity index (χ2n) is 7.93. The molecule has 0 atom stereocenters. The van der Waals surface area contributed by atoms with E-state index in [1.54, 1.807) is 6.92 Å². The number of unbranched alkanes of at least 4 members (excludes halogenated alkanes) is 2. The molecule has 2 aromatic carbocycles. The van der Waals surface area contributed by atoms with Crippen LogP contribution < -0.4 is 9.47 Å². The SMILES string of the molecule is CCCCCOc1ccc(Cn2c(C)nc3c(OCCCC(=O)OCC)cccc32)c(Cl)c1. The Morgan fingerprint density at radius 2 is 1.88 bits per heavy atom. The number of carbonyl (C=O) groups excluding carboxylic acids is 1. The first-order valence-corrected chi connectivity index (χ1v) is 12.1. The summed E-state index contributed by atoms with van der Waals surface area (Å²) in [7, 11) is 0. The highest BCUT2D eigenvalue weighted by Gasteiger charge is 2.14. The summed E-state index contributed by atoms with van der Waals surface area (Å²) in [6.07, 6.45) is 4.31. The van der Waals surface area contributed by atoms with Crippen LogP contribution >= 0.6 is 11.6 Å². The Balaban J connectivity index is 1.68. The molecule has 178 valence electrons. The average Bonchev–Trinajstić information content (AvgIpc) is 3.12. The van der Waals surface area contributed by atoms with Gasteiger partial charge >= 0.3 is 5.97 Å². The number of esters is 1. The lowest BCUT2D eigenvalue weighted by molar-refractivity contribution is -0.143. The number of fused-ring (bicyclic) bond motifs is 1.